The lowest BCUT2D eigenvalue weighted by Crippen LogP contribution is -2.32. The minimum Gasteiger partial charge on any atom is -0.381 e. The van der Waals surface area contributed by atoms with Crippen molar-refractivity contribution in [3.05, 3.63) is 58.3 Å². The summed E-state index contributed by atoms with van der Waals surface area (Å²) in [4.78, 5) is 3.63. The Labute approximate surface area is 164 Å². The molecule has 2 aliphatic heterocycles. The van der Waals surface area contributed by atoms with Crippen molar-refractivity contribution in [3.63, 3.8) is 0 Å². The summed E-state index contributed by atoms with van der Waals surface area (Å²) in [5.74, 6) is 0. The molecule has 3 heterocycles. The Hall–Kier alpha value is -1.59. The second kappa shape index (κ2) is 7.44. The van der Waals surface area contributed by atoms with Gasteiger partial charge in [0.25, 0.3) is 0 Å². The van der Waals surface area contributed by atoms with Gasteiger partial charge in [-0.15, -0.1) is 0 Å². The minimum atomic E-state index is 0.182. The van der Waals surface area contributed by atoms with Gasteiger partial charge >= 0.3 is 0 Å². The maximum Gasteiger partial charge on any atom is 0.0797 e. The number of hydrogen-bond donors (Lipinski definition) is 2. The van der Waals surface area contributed by atoms with Crippen LogP contribution in [-0.2, 0) is 15.9 Å². The Kier molecular flexibility index (Phi) is 4.82. The van der Waals surface area contributed by atoms with Crippen LogP contribution >= 0.6 is 11.6 Å². The number of benzene rings is 1. The lowest BCUT2D eigenvalue weighted by molar-refractivity contribution is -0.0526. The zero-order chi connectivity index (χ0) is 18.2. The second-order valence-electron chi connectivity index (χ2n) is 7.63. The van der Waals surface area contributed by atoms with Crippen LogP contribution in [0.5, 0.6) is 0 Å². The smallest absolute Gasteiger partial charge is 0.0797 e. The molecule has 1 saturated heterocycles. The van der Waals surface area contributed by atoms with Gasteiger partial charge in [0.15, 0.2) is 0 Å². The molecule has 2 atom stereocenters. The van der Waals surface area contributed by atoms with Gasteiger partial charge in [0.2, 0.25) is 0 Å². The molecule has 27 heavy (non-hydrogen) atoms. The van der Waals surface area contributed by atoms with Gasteiger partial charge in [0.05, 0.1) is 18.2 Å². The highest BCUT2D eigenvalue weighted by Crippen LogP contribution is 2.36. The zero-order valence-electron chi connectivity index (χ0n) is 15.3. The molecule has 0 saturated carbocycles. The molecule has 1 aromatic carbocycles. The number of ether oxygens (including phenoxy) is 2. The Bertz CT molecular complexity index is 895. The minimum absolute atomic E-state index is 0.182. The van der Waals surface area contributed by atoms with Crippen LogP contribution in [0.4, 0.5) is 0 Å². The van der Waals surface area contributed by atoms with E-state index in [0.717, 1.165) is 50.5 Å². The number of H-pyrrole nitrogens is 1. The number of hydrogen-bond acceptors (Lipinski definition) is 3. The summed E-state index contributed by atoms with van der Waals surface area (Å²) in [6.45, 7) is 2.62. The molecule has 0 radical (unpaired) electrons. The Balaban J connectivity index is 1.34. The van der Waals surface area contributed by atoms with E-state index in [0.29, 0.717) is 6.10 Å². The number of aromatic nitrogens is 1. The van der Waals surface area contributed by atoms with Crippen LogP contribution in [0.25, 0.3) is 10.9 Å². The largest absolute Gasteiger partial charge is 0.381 e. The standard InChI is InChI=1S/C22H25ClN2O2/c23-15-3-6-20-19(13-15)18-7-10-24-21(22(18)25-20)14-1-4-16(5-2-14)27-17-8-11-26-12-9-17/h1-4,6,13,16-17,21,24-25H,5,7-12H2. The fourth-order valence-corrected chi connectivity index (χ4v) is 4.65. The van der Waals surface area contributed by atoms with Crippen LogP contribution in [0.1, 0.15) is 36.6 Å². The van der Waals surface area contributed by atoms with Crippen LogP contribution in [0.15, 0.2) is 42.0 Å². The van der Waals surface area contributed by atoms with E-state index < -0.39 is 0 Å². The number of halogens is 1. The molecule has 5 rings (SSSR count). The van der Waals surface area contributed by atoms with E-state index in [2.05, 4.69) is 40.7 Å². The summed E-state index contributed by atoms with van der Waals surface area (Å²) < 4.78 is 11.7. The average molecular weight is 385 g/mol. The van der Waals surface area contributed by atoms with Gasteiger partial charge in [-0.1, -0.05) is 29.8 Å². The van der Waals surface area contributed by atoms with E-state index in [1.165, 1.54) is 27.7 Å². The van der Waals surface area contributed by atoms with Gasteiger partial charge in [-0.25, -0.2) is 0 Å². The quantitative estimate of drug-likeness (QED) is 0.821. The molecule has 0 spiro atoms. The predicted molar refractivity (Wildman–Crippen MR) is 108 cm³/mol. The molecule has 3 aliphatic rings. The van der Waals surface area contributed by atoms with E-state index in [1.54, 1.807) is 0 Å². The van der Waals surface area contributed by atoms with Crippen LogP contribution in [-0.4, -0.2) is 37.0 Å². The molecule has 1 fully saturated rings. The van der Waals surface area contributed by atoms with Crippen LogP contribution < -0.4 is 5.32 Å². The molecule has 0 bridgehead atoms. The van der Waals surface area contributed by atoms with Crippen molar-refractivity contribution in [2.75, 3.05) is 19.8 Å². The first-order chi connectivity index (χ1) is 13.3. The highest BCUT2D eigenvalue weighted by Gasteiger charge is 2.27. The van der Waals surface area contributed by atoms with Crippen molar-refractivity contribution in [3.8, 4) is 0 Å². The summed E-state index contributed by atoms with van der Waals surface area (Å²) >= 11 is 6.23. The van der Waals surface area contributed by atoms with Crippen LogP contribution in [0.2, 0.25) is 5.02 Å². The molecule has 2 aromatic rings. The van der Waals surface area contributed by atoms with E-state index in [9.17, 15) is 0 Å². The molecular weight excluding hydrogens is 360 g/mol. The summed E-state index contributed by atoms with van der Waals surface area (Å²) in [5, 5.41) is 5.73. The Morgan fingerprint density at radius 1 is 1.19 bits per heavy atom. The highest BCUT2D eigenvalue weighted by atomic mass is 35.5. The van der Waals surface area contributed by atoms with Gasteiger partial charge in [0, 0.05) is 41.4 Å². The third-order valence-corrected chi connectivity index (χ3v) is 6.11. The lowest BCUT2D eigenvalue weighted by atomic mass is 9.91. The van der Waals surface area contributed by atoms with Gasteiger partial charge in [-0.05, 0) is 55.0 Å². The number of fused-ring (bicyclic) bond motifs is 3. The van der Waals surface area contributed by atoms with Crippen molar-refractivity contribution in [1.82, 2.24) is 10.3 Å². The van der Waals surface area contributed by atoms with Gasteiger partial charge in [-0.2, -0.15) is 0 Å². The Morgan fingerprint density at radius 3 is 2.89 bits per heavy atom. The molecule has 142 valence electrons. The topological polar surface area (TPSA) is 46.3 Å². The molecular formula is C22H25ClN2O2. The van der Waals surface area contributed by atoms with Gasteiger partial charge in [0.1, 0.15) is 0 Å². The fraction of sp³-hybridized carbons (Fsp3) is 0.455. The van der Waals surface area contributed by atoms with Crippen molar-refractivity contribution < 1.29 is 9.47 Å². The first kappa shape index (κ1) is 17.5. The van der Waals surface area contributed by atoms with E-state index >= 15 is 0 Å². The summed E-state index contributed by atoms with van der Waals surface area (Å²) in [6, 6.07) is 6.32. The molecule has 0 amide bonds. The number of nitrogens with one attached hydrogen (secondary N) is 2. The molecule has 2 unspecified atom stereocenters. The monoisotopic (exact) mass is 384 g/mol. The Morgan fingerprint density at radius 2 is 2.07 bits per heavy atom. The molecule has 2 N–H and O–H groups in total. The highest BCUT2D eigenvalue weighted by molar-refractivity contribution is 6.31. The zero-order valence-corrected chi connectivity index (χ0v) is 16.1. The molecule has 4 nitrogen and oxygen atoms in total. The fourth-order valence-electron chi connectivity index (χ4n) is 4.48. The van der Waals surface area contributed by atoms with Crippen molar-refractivity contribution >= 4 is 22.5 Å². The van der Waals surface area contributed by atoms with E-state index in [4.69, 9.17) is 21.1 Å². The van der Waals surface area contributed by atoms with Crippen LogP contribution in [0, 0.1) is 0 Å². The number of rotatable bonds is 3. The van der Waals surface area contributed by atoms with Crippen molar-refractivity contribution in [1.29, 1.82) is 0 Å². The third kappa shape index (κ3) is 3.47. The maximum atomic E-state index is 6.24. The first-order valence-electron chi connectivity index (χ1n) is 9.93. The van der Waals surface area contributed by atoms with Crippen molar-refractivity contribution in [2.24, 2.45) is 0 Å². The molecule has 5 heteroatoms. The first-order valence-corrected chi connectivity index (χ1v) is 10.3. The van der Waals surface area contributed by atoms with Gasteiger partial charge < -0.3 is 19.8 Å². The summed E-state index contributed by atoms with van der Waals surface area (Å²) in [6.07, 6.45) is 11.3. The summed E-state index contributed by atoms with van der Waals surface area (Å²) in [7, 11) is 0. The normalized spacial score (nSPS) is 26.2. The van der Waals surface area contributed by atoms with E-state index in [1.807, 2.05) is 6.07 Å². The van der Waals surface area contributed by atoms with Crippen molar-refractivity contribution in [2.45, 2.75) is 43.9 Å². The summed E-state index contributed by atoms with van der Waals surface area (Å²) in [5.41, 5.74) is 5.16. The second-order valence-corrected chi connectivity index (χ2v) is 8.07. The third-order valence-electron chi connectivity index (χ3n) is 5.87. The SMILES string of the molecule is Clc1ccc2[nH]c3c(c2c1)CCNC3C1=CCC(OC2CCOCC2)C=C1. The number of aromatic amines is 1. The van der Waals surface area contributed by atoms with Gasteiger partial charge in [-0.3, -0.25) is 0 Å². The molecule has 1 aliphatic carbocycles. The van der Waals surface area contributed by atoms with Crippen LogP contribution in [0.3, 0.4) is 0 Å². The predicted octanol–water partition coefficient (Wildman–Crippen LogP) is 4.46. The lowest BCUT2D eigenvalue weighted by Gasteiger charge is -2.30. The molecule has 1 aromatic heterocycles. The average Bonchev–Trinajstić information content (AvgIpc) is 3.07. The maximum absolute atomic E-state index is 6.24. The van der Waals surface area contributed by atoms with E-state index in [-0.39, 0.29) is 12.1 Å².